The van der Waals surface area contributed by atoms with Crippen molar-refractivity contribution in [1.82, 2.24) is 0 Å². The third-order valence-corrected chi connectivity index (χ3v) is 2.46. The van der Waals surface area contributed by atoms with Gasteiger partial charge in [0.25, 0.3) is 0 Å². The van der Waals surface area contributed by atoms with E-state index in [1.165, 1.54) is 12.1 Å². The highest BCUT2D eigenvalue weighted by atomic mass is 79.9. The summed E-state index contributed by atoms with van der Waals surface area (Å²) in [6.45, 7) is -0.700. The zero-order valence-electron chi connectivity index (χ0n) is 8.42. The van der Waals surface area contributed by atoms with Crippen molar-refractivity contribution in [2.75, 3.05) is 11.9 Å². The summed E-state index contributed by atoms with van der Waals surface area (Å²) in [5.41, 5.74) is 0.452. The van der Waals surface area contributed by atoms with Crippen LogP contribution >= 0.6 is 15.9 Å². The van der Waals surface area contributed by atoms with Crippen LogP contribution in [0, 0.1) is 11.3 Å². The summed E-state index contributed by atoms with van der Waals surface area (Å²) in [7, 11) is 0. The second kappa shape index (κ2) is 5.38. The van der Waals surface area contributed by atoms with Crippen molar-refractivity contribution < 1.29 is 18.3 Å². The first-order valence-electron chi connectivity index (χ1n) is 4.53. The molecule has 92 valence electrons. The Kier molecular flexibility index (Phi) is 4.37. The Morgan fingerprint density at radius 2 is 2.12 bits per heavy atom. The molecule has 0 fully saturated rings. The Balaban J connectivity index is 2.76. The Bertz CT molecular complexity index is 442. The van der Waals surface area contributed by atoms with Crippen molar-refractivity contribution in [3.63, 3.8) is 0 Å². The molecule has 2 N–H and O–H groups in total. The zero-order chi connectivity index (χ0) is 13.1. The first-order chi connectivity index (χ1) is 7.84. The predicted octanol–water partition coefficient (Wildman–Crippen LogP) is 2.66. The summed E-state index contributed by atoms with van der Waals surface area (Å²) in [4.78, 5) is 0. The fourth-order valence-electron chi connectivity index (χ4n) is 1.08. The average molecular weight is 309 g/mol. The van der Waals surface area contributed by atoms with Gasteiger partial charge in [0.1, 0.15) is 6.07 Å². The van der Waals surface area contributed by atoms with Gasteiger partial charge in [-0.1, -0.05) is 15.9 Å². The number of rotatable bonds is 3. The smallest absolute Gasteiger partial charge is 0.382 e. The molecule has 0 bridgehead atoms. The van der Waals surface area contributed by atoms with E-state index in [0.717, 1.165) is 0 Å². The van der Waals surface area contributed by atoms with Crippen LogP contribution in [0.15, 0.2) is 22.7 Å². The topological polar surface area (TPSA) is 56.0 Å². The third kappa shape index (κ3) is 3.91. The quantitative estimate of drug-likeness (QED) is 0.902. The van der Waals surface area contributed by atoms with Crippen LogP contribution in [-0.2, 0) is 0 Å². The molecule has 0 aliphatic carbocycles. The van der Waals surface area contributed by atoms with Gasteiger partial charge in [-0.15, -0.1) is 0 Å². The SMILES string of the molecule is N#Cc1ccc(Br)cc1NCC(O)C(F)(F)F. The second-order valence-electron chi connectivity index (χ2n) is 3.24. The monoisotopic (exact) mass is 308 g/mol. The van der Waals surface area contributed by atoms with Crippen LogP contribution in [0.4, 0.5) is 18.9 Å². The minimum atomic E-state index is -4.67. The molecule has 1 rings (SSSR count). The van der Waals surface area contributed by atoms with Crippen LogP contribution < -0.4 is 5.32 Å². The molecule has 0 spiro atoms. The van der Waals surface area contributed by atoms with Crippen molar-refractivity contribution in [3.05, 3.63) is 28.2 Å². The van der Waals surface area contributed by atoms with E-state index in [1.54, 1.807) is 6.07 Å². The van der Waals surface area contributed by atoms with Gasteiger partial charge in [0.2, 0.25) is 0 Å². The van der Waals surface area contributed by atoms with E-state index in [9.17, 15) is 13.2 Å². The van der Waals surface area contributed by atoms with Crippen LogP contribution in [0.25, 0.3) is 0 Å². The third-order valence-electron chi connectivity index (χ3n) is 1.97. The van der Waals surface area contributed by atoms with Gasteiger partial charge in [0.15, 0.2) is 6.10 Å². The Hall–Kier alpha value is -1.26. The predicted molar refractivity (Wildman–Crippen MR) is 59.4 cm³/mol. The number of alkyl halides is 3. The number of nitrogens with one attached hydrogen (secondary N) is 1. The maximum absolute atomic E-state index is 12.0. The minimum absolute atomic E-state index is 0.211. The van der Waals surface area contributed by atoms with Gasteiger partial charge < -0.3 is 10.4 Å². The highest BCUT2D eigenvalue weighted by Gasteiger charge is 2.37. The lowest BCUT2D eigenvalue weighted by molar-refractivity contribution is -0.198. The molecular weight excluding hydrogens is 301 g/mol. The van der Waals surface area contributed by atoms with Crippen molar-refractivity contribution in [2.24, 2.45) is 0 Å². The van der Waals surface area contributed by atoms with E-state index in [-0.39, 0.29) is 11.3 Å². The van der Waals surface area contributed by atoms with E-state index < -0.39 is 18.8 Å². The van der Waals surface area contributed by atoms with Crippen LogP contribution in [-0.4, -0.2) is 23.9 Å². The highest BCUT2D eigenvalue weighted by molar-refractivity contribution is 9.10. The van der Waals surface area contributed by atoms with Gasteiger partial charge in [-0.3, -0.25) is 0 Å². The summed E-state index contributed by atoms with van der Waals surface area (Å²) in [6, 6.07) is 6.38. The molecule has 1 aromatic carbocycles. The first kappa shape index (κ1) is 13.8. The van der Waals surface area contributed by atoms with Gasteiger partial charge in [-0.2, -0.15) is 18.4 Å². The molecule has 0 aliphatic heterocycles. The largest absolute Gasteiger partial charge is 0.416 e. The number of hydrogen-bond acceptors (Lipinski definition) is 3. The van der Waals surface area contributed by atoms with Gasteiger partial charge in [-0.25, -0.2) is 0 Å². The molecule has 7 heteroatoms. The highest BCUT2D eigenvalue weighted by Crippen LogP contribution is 2.23. The molecule has 0 radical (unpaired) electrons. The average Bonchev–Trinajstić information content (AvgIpc) is 2.24. The molecule has 0 amide bonds. The van der Waals surface area contributed by atoms with E-state index in [2.05, 4.69) is 21.2 Å². The van der Waals surface area contributed by atoms with Crippen molar-refractivity contribution in [3.8, 4) is 6.07 Å². The normalized spacial score (nSPS) is 12.9. The molecule has 0 saturated heterocycles. The van der Waals surface area contributed by atoms with Gasteiger partial charge >= 0.3 is 6.18 Å². The van der Waals surface area contributed by atoms with Crippen molar-refractivity contribution >= 4 is 21.6 Å². The molecule has 0 aromatic heterocycles. The second-order valence-corrected chi connectivity index (χ2v) is 4.16. The summed E-state index contributed by atoms with van der Waals surface area (Å²) >= 11 is 3.14. The van der Waals surface area contributed by atoms with Crippen LogP contribution in [0.2, 0.25) is 0 Å². The number of aliphatic hydroxyl groups excluding tert-OH is 1. The Labute approximate surface area is 104 Å². The number of nitriles is 1. The van der Waals surface area contributed by atoms with E-state index in [4.69, 9.17) is 10.4 Å². The molecule has 0 heterocycles. The maximum Gasteiger partial charge on any atom is 0.416 e. The molecule has 1 unspecified atom stereocenters. The summed E-state index contributed by atoms with van der Waals surface area (Å²) in [6.07, 6.45) is -7.14. The van der Waals surface area contributed by atoms with Gasteiger partial charge in [0.05, 0.1) is 11.3 Å². The molecular formula is C10H8BrF3N2O. The van der Waals surface area contributed by atoms with Gasteiger partial charge in [-0.05, 0) is 18.2 Å². The first-order valence-corrected chi connectivity index (χ1v) is 5.32. The van der Waals surface area contributed by atoms with Crippen molar-refractivity contribution in [2.45, 2.75) is 12.3 Å². The van der Waals surface area contributed by atoms with Crippen molar-refractivity contribution in [1.29, 1.82) is 5.26 Å². The summed E-state index contributed by atoms with van der Waals surface area (Å²) < 4.78 is 36.8. The Morgan fingerprint density at radius 1 is 1.47 bits per heavy atom. The lowest BCUT2D eigenvalue weighted by Crippen LogP contribution is -2.35. The molecule has 3 nitrogen and oxygen atoms in total. The number of hydrogen-bond donors (Lipinski definition) is 2. The number of aliphatic hydroxyl groups is 1. The fraction of sp³-hybridized carbons (Fsp3) is 0.300. The molecule has 0 saturated carbocycles. The maximum atomic E-state index is 12.0. The Morgan fingerprint density at radius 3 is 2.65 bits per heavy atom. The van der Waals surface area contributed by atoms with E-state index in [1.807, 2.05) is 6.07 Å². The van der Waals surface area contributed by atoms with Crippen LogP contribution in [0.5, 0.6) is 0 Å². The standard InChI is InChI=1S/C10H8BrF3N2O/c11-7-2-1-6(4-15)8(3-7)16-5-9(17)10(12,13)14/h1-3,9,16-17H,5H2. The minimum Gasteiger partial charge on any atom is -0.382 e. The fourth-order valence-corrected chi connectivity index (χ4v) is 1.44. The number of halogens is 4. The number of nitrogens with zero attached hydrogens (tertiary/aromatic N) is 1. The van der Waals surface area contributed by atoms with Gasteiger partial charge in [0, 0.05) is 11.0 Å². The molecule has 1 atom stereocenters. The van der Waals surface area contributed by atoms with E-state index in [0.29, 0.717) is 4.47 Å². The lowest BCUT2D eigenvalue weighted by atomic mass is 10.2. The molecule has 0 aliphatic rings. The van der Waals surface area contributed by atoms with E-state index >= 15 is 0 Å². The molecule has 1 aromatic rings. The zero-order valence-corrected chi connectivity index (χ0v) is 10.0. The number of anilines is 1. The number of benzene rings is 1. The lowest BCUT2D eigenvalue weighted by Gasteiger charge is -2.16. The van der Waals surface area contributed by atoms with Crippen LogP contribution in [0.1, 0.15) is 5.56 Å². The summed E-state index contributed by atoms with van der Waals surface area (Å²) in [5.74, 6) is 0. The van der Waals surface area contributed by atoms with Crippen LogP contribution in [0.3, 0.4) is 0 Å². The molecule has 17 heavy (non-hydrogen) atoms. The summed E-state index contributed by atoms with van der Waals surface area (Å²) in [5, 5.41) is 19.9.